The number of hydrogen-bond donors (Lipinski definition) is 2. The summed E-state index contributed by atoms with van der Waals surface area (Å²) >= 11 is 6.54. The molecular formula is C35H51ClN2O4. The zero-order chi connectivity index (χ0) is 29.8. The van der Waals surface area contributed by atoms with Crippen molar-refractivity contribution >= 4 is 17.5 Å². The number of carbonyl (C=O) groups excluding carboxylic acids is 1. The number of nitrogens with zero attached hydrogens (tertiary/aromatic N) is 1. The molecule has 0 radical (unpaired) electrons. The van der Waals surface area contributed by atoms with Gasteiger partial charge in [-0.1, -0.05) is 61.9 Å². The lowest BCUT2D eigenvalue weighted by molar-refractivity contribution is -0.138. The second-order valence-corrected chi connectivity index (χ2v) is 12.9. The number of aliphatic hydroxyl groups is 1. The number of rotatable bonds is 15. The van der Waals surface area contributed by atoms with Crippen LogP contribution in [-0.4, -0.2) is 56.3 Å². The molecule has 7 heteroatoms. The van der Waals surface area contributed by atoms with Crippen LogP contribution in [0.2, 0.25) is 5.02 Å². The first-order chi connectivity index (χ1) is 20.4. The number of likely N-dealkylation sites (tertiary alicyclic amines) is 1. The second-order valence-electron chi connectivity index (χ2n) is 12.5. The molecule has 3 atom stereocenters. The van der Waals surface area contributed by atoms with E-state index < -0.39 is 5.60 Å². The smallest absolute Gasteiger partial charge is 0.222 e. The molecule has 4 rings (SSSR count). The summed E-state index contributed by atoms with van der Waals surface area (Å²) in [6.07, 6.45) is 12.1. The number of unbranched alkanes of at least 4 members (excludes halogenated alkanes) is 1. The molecule has 2 aromatic rings. The minimum Gasteiger partial charge on any atom is -0.457 e. The van der Waals surface area contributed by atoms with Crippen LogP contribution in [0.1, 0.15) is 82.6 Å². The fourth-order valence-corrected chi connectivity index (χ4v) is 7.31. The number of amides is 1. The number of piperidine rings is 1. The molecule has 232 valence electrons. The molecule has 42 heavy (non-hydrogen) atoms. The maximum Gasteiger partial charge on any atom is 0.222 e. The molecule has 0 aromatic heterocycles. The minimum atomic E-state index is -1.20. The van der Waals surface area contributed by atoms with E-state index in [0.29, 0.717) is 54.0 Å². The fourth-order valence-electron chi connectivity index (χ4n) is 7.14. The van der Waals surface area contributed by atoms with E-state index in [9.17, 15) is 9.90 Å². The molecule has 2 fully saturated rings. The van der Waals surface area contributed by atoms with Gasteiger partial charge in [-0.05, 0) is 94.3 Å². The zero-order valence-corrected chi connectivity index (χ0v) is 26.4. The van der Waals surface area contributed by atoms with Crippen molar-refractivity contribution in [1.29, 1.82) is 0 Å². The van der Waals surface area contributed by atoms with E-state index in [0.717, 1.165) is 51.1 Å². The van der Waals surface area contributed by atoms with E-state index in [-0.39, 0.29) is 11.8 Å². The molecule has 6 nitrogen and oxygen atoms in total. The van der Waals surface area contributed by atoms with Gasteiger partial charge in [0.05, 0.1) is 5.60 Å². The van der Waals surface area contributed by atoms with Crippen LogP contribution in [0.5, 0.6) is 11.5 Å². The van der Waals surface area contributed by atoms with Gasteiger partial charge < -0.3 is 24.8 Å². The maximum atomic E-state index is 13.7. The average molecular weight is 599 g/mol. The van der Waals surface area contributed by atoms with Crippen molar-refractivity contribution in [2.75, 3.05) is 40.4 Å². The Morgan fingerprint density at radius 2 is 1.88 bits per heavy atom. The number of carbonyl (C=O) groups is 1. The molecule has 1 amide bonds. The second kappa shape index (κ2) is 16.7. The standard InChI is InChI=1S/C35H51ClN2O4/c1-37-25-28(22-27-12-5-3-6-13-27)23-34(39)38-20-11-14-29(26-38)35(40,19-9-10-21-41-2)32-24-30(36)17-18-33(32)42-31-15-7-4-8-16-31/h4,7-8,15-18,24,27-29,37,40H,3,5-6,9-14,19-23,25-26H2,1-2H3/t28-,29-,35+/m1/s1. The van der Waals surface area contributed by atoms with Crippen molar-refractivity contribution < 1.29 is 19.4 Å². The van der Waals surface area contributed by atoms with Gasteiger partial charge in [0.1, 0.15) is 11.5 Å². The van der Waals surface area contributed by atoms with Crippen LogP contribution >= 0.6 is 11.6 Å². The average Bonchev–Trinajstić information content (AvgIpc) is 3.01. The lowest BCUT2D eigenvalue weighted by Crippen LogP contribution is -2.48. The molecule has 1 aliphatic heterocycles. The summed E-state index contributed by atoms with van der Waals surface area (Å²) in [4.78, 5) is 15.8. The monoisotopic (exact) mass is 598 g/mol. The number of hydrogen-bond acceptors (Lipinski definition) is 5. The third-order valence-corrected chi connectivity index (χ3v) is 9.57. The lowest BCUT2D eigenvalue weighted by atomic mass is 9.73. The Bertz CT molecular complexity index is 1090. The van der Waals surface area contributed by atoms with Crippen LogP contribution in [0, 0.1) is 17.8 Å². The highest BCUT2D eigenvalue weighted by atomic mass is 35.5. The van der Waals surface area contributed by atoms with Gasteiger partial charge in [-0.2, -0.15) is 0 Å². The molecule has 1 saturated heterocycles. The van der Waals surface area contributed by atoms with E-state index in [1.165, 1.54) is 32.1 Å². The topological polar surface area (TPSA) is 71.0 Å². The van der Waals surface area contributed by atoms with Crippen LogP contribution in [0.3, 0.4) is 0 Å². The molecule has 1 heterocycles. The molecule has 2 aliphatic rings. The fraction of sp³-hybridized carbons (Fsp3) is 0.629. The largest absolute Gasteiger partial charge is 0.457 e. The van der Waals surface area contributed by atoms with Crippen molar-refractivity contribution in [2.24, 2.45) is 17.8 Å². The number of benzene rings is 2. The third-order valence-electron chi connectivity index (χ3n) is 9.33. The zero-order valence-electron chi connectivity index (χ0n) is 25.7. The Morgan fingerprint density at radius 1 is 1.10 bits per heavy atom. The van der Waals surface area contributed by atoms with Gasteiger partial charge in [-0.15, -0.1) is 0 Å². The third kappa shape index (κ3) is 9.19. The predicted molar refractivity (Wildman–Crippen MR) is 170 cm³/mol. The van der Waals surface area contributed by atoms with E-state index in [4.69, 9.17) is 21.1 Å². The van der Waals surface area contributed by atoms with Crippen molar-refractivity contribution in [3.8, 4) is 11.5 Å². The van der Waals surface area contributed by atoms with Crippen molar-refractivity contribution in [3.05, 3.63) is 59.1 Å². The molecule has 0 unspecified atom stereocenters. The van der Waals surface area contributed by atoms with Gasteiger partial charge >= 0.3 is 0 Å². The molecule has 1 saturated carbocycles. The number of para-hydroxylation sites is 1. The van der Waals surface area contributed by atoms with Gasteiger partial charge in [0.25, 0.3) is 0 Å². The first-order valence-electron chi connectivity index (χ1n) is 16.1. The van der Waals surface area contributed by atoms with Crippen molar-refractivity contribution in [2.45, 2.75) is 82.7 Å². The highest BCUT2D eigenvalue weighted by molar-refractivity contribution is 6.30. The van der Waals surface area contributed by atoms with Crippen LogP contribution in [-0.2, 0) is 15.1 Å². The Kier molecular flexibility index (Phi) is 13.0. The summed E-state index contributed by atoms with van der Waals surface area (Å²) in [6, 6.07) is 15.1. The lowest BCUT2D eigenvalue weighted by Gasteiger charge is -2.43. The molecular weight excluding hydrogens is 548 g/mol. The summed E-state index contributed by atoms with van der Waals surface area (Å²) in [7, 11) is 3.69. The molecule has 0 spiro atoms. The normalized spacial score (nSPS) is 20.2. The van der Waals surface area contributed by atoms with Crippen molar-refractivity contribution in [3.63, 3.8) is 0 Å². The minimum absolute atomic E-state index is 0.129. The molecule has 2 N–H and O–H groups in total. The van der Waals surface area contributed by atoms with Crippen LogP contribution in [0.25, 0.3) is 0 Å². The SMILES string of the molecule is CNC[C@@H](CC(=O)N1CCC[C@@H]([C@@](O)(CCCCOC)c2cc(Cl)ccc2Oc2ccccc2)C1)CC1CCCCC1. The quantitative estimate of drug-likeness (QED) is 0.207. The Labute approximate surface area is 258 Å². The van der Waals surface area contributed by atoms with Crippen LogP contribution in [0.4, 0.5) is 0 Å². The summed E-state index contributed by atoms with van der Waals surface area (Å²) in [6.45, 7) is 2.79. The number of nitrogens with one attached hydrogen (secondary N) is 1. The highest BCUT2D eigenvalue weighted by Crippen LogP contribution is 2.45. The van der Waals surface area contributed by atoms with Gasteiger partial charge in [-0.25, -0.2) is 0 Å². The first kappa shape index (κ1) is 32.8. The Hall–Kier alpha value is -2.12. The van der Waals surface area contributed by atoms with Gasteiger partial charge in [0.2, 0.25) is 5.91 Å². The summed E-state index contributed by atoms with van der Waals surface area (Å²) < 4.78 is 11.6. The van der Waals surface area contributed by atoms with Crippen LogP contribution in [0.15, 0.2) is 48.5 Å². The molecule has 0 bridgehead atoms. The first-order valence-corrected chi connectivity index (χ1v) is 16.5. The number of methoxy groups -OCH3 is 1. The molecule has 1 aliphatic carbocycles. The Balaban J connectivity index is 1.54. The van der Waals surface area contributed by atoms with E-state index >= 15 is 0 Å². The summed E-state index contributed by atoms with van der Waals surface area (Å²) in [5, 5.41) is 16.5. The van der Waals surface area contributed by atoms with E-state index in [1.54, 1.807) is 13.2 Å². The summed E-state index contributed by atoms with van der Waals surface area (Å²) in [5.41, 5.74) is -0.505. The van der Waals surface area contributed by atoms with Gasteiger partial charge in [0, 0.05) is 49.7 Å². The number of ether oxygens (including phenoxy) is 2. The Morgan fingerprint density at radius 3 is 2.62 bits per heavy atom. The van der Waals surface area contributed by atoms with E-state index in [2.05, 4.69) is 5.32 Å². The molecule has 2 aromatic carbocycles. The highest BCUT2D eigenvalue weighted by Gasteiger charge is 2.43. The van der Waals surface area contributed by atoms with Crippen molar-refractivity contribution in [1.82, 2.24) is 10.2 Å². The van der Waals surface area contributed by atoms with Gasteiger partial charge in [0.15, 0.2) is 0 Å². The van der Waals surface area contributed by atoms with Gasteiger partial charge in [-0.3, -0.25) is 4.79 Å². The van der Waals surface area contributed by atoms with E-state index in [1.807, 2.05) is 54.4 Å². The van der Waals surface area contributed by atoms with Crippen LogP contribution < -0.4 is 10.1 Å². The number of halogens is 1. The maximum absolute atomic E-state index is 13.7. The summed E-state index contributed by atoms with van der Waals surface area (Å²) in [5.74, 6) is 2.47. The predicted octanol–water partition coefficient (Wildman–Crippen LogP) is 7.57.